The number of hydrogen-bond acceptors (Lipinski definition) is 5. The van der Waals surface area contributed by atoms with Crippen LogP contribution >= 0.6 is 34.5 Å². The Morgan fingerprint density at radius 3 is 2.80 bits per heavy atom. The molecular weight excluding hydrogens is 386 g/mol. The van der Waals surface area contributed by atoms with E-state index in [4.69, 9.17) is 27.9 Å². The molecule has 128 valence electrons. The predicted molar refractivity (Wildman–Crippen MR) is 98.6 cm³/mol. The number of fused-ring (bicyclic) bond motifs is 1. The lowest BCUT2D eigenvalue weighted by atomic mass is 10.2. The Labute approximate surface area is 156 Å². The summed E-state index contributed by atoms with van der Waals surface area (Å²) in [5.74, 6) is -0.634. The van der Waals surface area contributed by atoms with Gasteiger partial charge in [0.15, 0.2) is 5.82 Å². The van der Waals surface area contributed by atoms with Crippen molar-refractivity contribution in [3.63, 3.8) is 0 Å². The van der Waals surface area contributed by atoms with Crippen LogP contribution in [0, 0.1) is 12.7 Å². The second-order valence-corrected chi connectivity index (χ2v) is 6.88. The van der Waals surface area contributed by atoms with Crippen molar-refractivity contribution in [3.05, 3.63) is 57.1 Å². The van der Waals surface area contributed by atoms with Crippen LogP contribution in [0.25, 0.3) is 21.3 Å². The molecule has 3 rings (SSSR count). The number of ether oxygens (including phenoxy) is 1. The number of hydrogen-bond donors (Lipinski definition) is 0. The normalized spacial score (nSPS) is 11.8. The van der Waals surface area contributed by atoms with Crippen LogP contribution < -0.4 is 0 Å². The van der Waals surface area contributed by atoms with E-state index in [0.29, 0.717) is 26.2 Å². The van der Waals surface area contributed by atoms with E-state index in [9.17, 15) is 9.18 Å². The molecule has 8 heteroatoms. The molecule has 0 amide bonds. The van der Waals surface area contributed by atoms with E-state index in [0.717, 1.165) is 11.3 Å². The third-order valence-corrected chi connectivity index (χ3v) is 5.19. The number of aromatic nitrogens is 2. The van der Waals surface area contributed by atoms with Gasteiger partial charge in [-0.05, 0) is 36.3 Å². The fourth-order valence-electron chi connectivity index (χ4n) is 2.29. The number of thiophene rings is 1. The summed E-state index contributed by atoms with van der Waals surface area (Å²) >= 11 is 13.7. The first-order valence-electron chi connectivity index (χ1n) is 7.08. The van der Waals surface area contributed by atoms with Crippen LogP contribution in [0.5, 0.6) is 0 Å². The summed E-state index contributed by atoms with van der Waals surface area (Å²) in [7, 11) is 1.31. The van der Waals surface area contributed by atoms with Gasteiger partial charge in [0.1, 0.15) is 20.7 Å². The van der Waals surface area contributed by atoms with Crippen molar-refractivity contribution in [2.75, 3.05) is 7.11 Å². The van der Waals surface area contributed by atoms with E-state index in [1.807, 2.05) is 0 Å². The molecule has 0 radical (unpaired) electrons. The van der Waals surface area contributed by atoms with Gasteiger partial charge in [0, 0.05) is 0 Å². The fourth-order valence-corrected chi connectivity index (χ4v) is 3.97. The van der Waals surface area contributed by atoms with Crippen LogP contribution in [-0.4, -0.2) is 23.0 Å². The van der Waals surface area contributed by atoms with Crippen LogP contribution in [0.4, 0.5) is 4.39 Å². The first-order chi connectivity index (χ1) is 11.9. The van der Waals surface area contributed by atoms with Gasteiger partial charge < -0.3 is 4.74 Å². The molecule has 0 unspecified atom stereocenters. The van der Waals surface area contributed by atoms with Crippen molar-refractivity contribution < 1.29 is 13.9 Å². The zero-order valence-corrected chi connectivity index (χ0v) is 15.5. The number of benzene rings is 1. The highest BCUT2D eigenvalue weighted by molar-refractivity contribution is 7.20. The zero-order valence-electron chi connectivity index (χ0n) is 13.1. The lowest BCUT2D eigenvalue weighted by Crippen LogP contribution is -1.99. The first-order valence-corrected chi connectivity index (χ1v) is 8.66. The molecule has 0 aliphatic heterocycles. The topological polar surface area (TPSA) is 52.1 Å². The molecule has 0 aliphatic carbocycles. The molecule has 0 aliphatic rings. The second-order valence-electron chi connectivity index (χ2n) is 5.11. The van der Waals surface area contributed by atoms with Gasteiger partial charge in [-0.2, -0.15) is 0 Å². The summed E-state index contributed by atoms with van der Waals surface area (Å²) in [6.45, 7) is 1.75. The Kier molecular flexibility index (Phi) is 5.03. The number of methoxy groups -OCH3 is 1. The third-order valence-electron chi connectivity index (χ3n) is 3.47. The van der Waals surface area contributed by atoms with Gasteiger partial charge in [-0.15, -0.1) is 11.3 Å². The molecule has 0 fully saturated rings. The third kappa shape index (κ3) is 3.51. The molecule has 0 bridgehead atoms. The molecule has 3 aromatic rings. The van der Waals surface area contributed by atoms with E-state index in [-0.39, 0.29) is 21.8 Å². The van der Waals surface area contributed by atoms with Gasteiger partial charge in [-0.3, -0.25) is 0 Å². The van der Waals surface area contributed by atoms with Gasteiger partial charge in [0.2, 0.25) is 0 Å². The molecule has 4 nitrogen and oxygen atoms in total. The summed E-state index contributed by atoms with van der Waals surface area (Å²) in [5.41, 5.74) is 1.23. The number of halogens is 3. The lowest BCUT2D eigenvalue weighted by molar-refractivity contribution is 0.0605. The van der Waals surface area contributed by atoms with Gasteiger partial charge in [-0.25, -0.2) is 19.2 Å². The average molecular weight is 397 g/mol. The van der Waals surface area contributed by atoms with Gasteiger partial charge in [0.25, 0.3) is 0 Å². The summed E-state index contributed by atoms with van der Waals surface area (Å²) in [6, 6.07) is 5.96. The molecule has 0 saturated carbocycles. The molecule has 1 aromatic carbocycles. The molecule has 0 N–H and O–H groups in total. The highest BCUT2D eigenvalue weighted by Gasteiger charge is 2.20. The molecule has 25 heavy (non-hydrogen) atoms. The number of esters is 1. The van der Waals surface area contributed by atoms with Crippen molar-refractivity contribution in [1.29, 1.82) is 0 Å². The second kappa shape index (κ2) is 7.07. The maximum absolute atomic E-state index is 13.3. The fraction of sp³-hybridized carbons (Fsp3) is 0.118. The maximum atomic E-state index is 13.3. The minimum atomic E-state index is -0.459. The van der Waals surface area contributed by atoms with E-state index in [1.54, 1.807) is 25.1 Å². The zero-order chi connectivity index (χ0) is 18.1. The number of aryl methyl sites for hydroxylation is 1. The van der Waals surface area contributed by atoms with Gasteiger partial charge >= 0.3 is 5.97 Å². The molecule has 0 atom stereocenters. The maximum Gasteiger partial charge on any atom is 0.348 e. The van der Waals surface area contributed by atoms with Crippen LogP contribution in [0.1, 0.15) is 26.6 Å². The standard InChI is InChI=1S/C17H11Cl2FN2O2S/c1-8-12-14(19)21-15(22-16(12)25-13(8)17(23)24-2)11(18)7-9-4-3-5-10(20)6-9/h3-7H,1-2H3/b11-7-. The van der Waals surface area contributed by atoms with Crippen LogP contribution in [0.2, 0.25) is 5.15 Å². The van der Waals surface area contributed by atoms with E-state index in [2.05, 4.69) is 9.97 Å². The minimum Gasteiger partial charge on any atom is -0.465 e. The number of rotatable bonds is 3. The van der Waals surface area contributed by atoms with Crippen LogP contribution in [0.15, 0.2) is 24.3 Å². The average Bonchev–Trinajstić information content (AvgIpc) is 2.91. The number of carbonyl (C=O) groups excluding carboxylic acids is 1. The van der Waals surface area contributed by atoms with Crippen molar-refractivity contribution in [2.45, 2.75) is 6.92 Å². The summed E-state index contributed by atoms with van der Waals surface area (Å²) in [5, 5.41) is 0.987. The summed E-state index contributed by atoms with van der Waals surface area (Å²) in [6.07, 6.45) is 1.55. The SMILES string of the molecule is COC(=O)c1sc2nc(/C(Cl)=C/c3cccc(F)c3)nc(Cl)c2c1C. The molecule has 0 spiro atoms. The van der Waals surface area contributed by atoms with Gasteiger partial charge in [-0.1, -0.05) is 35.3 Å². The Balaban J connectivity index is 2.10. The van der Waals surface area contributed by atoms with E-state index >= 15 is 0 Å². The Morgan fingerprint density at radius 1 is 1.36 bits per heavy atom. The summed E-state index contributed by atoms with van der Waals surface area (Å²) < 4.78 is 18.0. The predicted octanol–water partition coefficient (Wildman–Crippen LogP) is 5.32. The Bertz CT molecular complexity index is 1020. The van der Waals surface area contributed by atoms with Crippen molar-refractivity contribution in [3.8, 4) is 0 Å². The quantitative estimate of drug-likeness (QED) is 0.444. The highest BCUT2D eigenvalue weighted by atomic mass is 35.5. The van der Waals surface area contributed by atoms with Crippen molar-refractivity contribution in [1.82, 2.24) is 9.97 Å². The van der Waals surface area contributed by atoms with Crippen LogP contribution in [0.3, 0.4) is 0 Å². The molecule has 0 saturated heterocycles. The molecule has 2 heterocycles. The summed E-state index contributed by atoms with van der Waals surface area (Å²) in [4.78, 5) is 21.3. The van der Waals surface area contributed by atoms with Crippen molar-refractivity contribution >= 4 is 61.8 Å². The first kappa shape index (κ1) is 17.8. The molecular formula is C17H11Cl2FN2O2S. The lowest BCUT2D eigenvalue weighted by Gasteiger charge is -2.02. The monoisotopic (exact) mass is 396 g/mol. The Hall–Kier alpha value is -2.02. The van der Waals surface area contributed by atoms with Crippen molar-refractivity contribution in [2.24, 2.45) is 0 Å². The van der Waals surface area contributed by atoms with E-state index < -0.39 is 5.97 Å². The van der Waals surface area contributed by atoms with Crippen LogP contribution in [-0.2, 0) is 4.74 Å². The smallest absolute Gasteiger partial charge is 0.348 e. The molecule has 2 aromatic heterocycles. The van der Waals surface area contributed by atoms with E-state index in [1.165, 1.54) is 19.2 Å². The largest absolute Gasteiger partial charge is 0.465 e. The minimum absolute atomic E-state index is 0.190. The van der Waals surface area contributed by atoms with Gasteiger partial charge in [0.05, 0.1) is 17.5 Å². The number of nitrogens with zero attached hydrogens (tertiary/aromatic N) is 2. The highest BCUT2D eigenvalue weighted by Crippen LogP contribution is 2.35. The Morgan fingerprint density at radius 2 is 2.12 bits per heavy atom. The number of carbonyl (C=O) groups is 1.